The van der Waals surface area contributed by atoms with Crippen LogP contribution in [0.4, 0.5) is 0 Å². The number of rotatable bonds is 2. The summed E-state index contributed by atoms with van der Waals surface area (Å²) in [5.74, 6) is 0. The fraction of sp³-hybridized carbons (Fsp3) is 1.00. The number of hydrogen-bond acceptors (Lipinski definition) is 3. The van der Waals surface area contributed by atoms with Gasteiger partial charge in [-0.1, -0.05) is 18.9 Å². The van der Waals surface area contributed by atoms with Crippen molar-refractivity contribution in [1.82, 2.24) is 4.90 Å². The van der Waals surface area contributed by atoms with Crippen LogP contribution in [0.2, 0.25) is 0 Å². The monoisotopic (exact) mass is 146 g/mol. The fourth-order valence-corrected chi connectivity index (χ4v) is 1.73. The maximum atomic E-state index is 5.44. The molecule has 0 aliphatic carbocycles. The molecule has 0 amide bonds. The molecular formula is C6H14N2S. The lowest BCUT2D eigenvalue weighted by molar-refractivity contribution is 0.360. The minimum absolute atomic E-state index is 0.699. The van der Waals surface area contributed by atoms with Gasteiger partial charge in [0.2, 0.25) is 0 Å². The molecule has 0 aromatic heterocycles. The van der Waals surface area contributed by atoms with E-state index in [0.29, 0.717) is 5.25 Å². The maximum absolute atomic E-state index is 5.44. The van der Waals surface area contributed by atoms with E-state index < -0.39 is 0 Å². The van der Waals surface area contributed by atoms with Crippen molar-refractivity contribution < 1.29 is 0 Å². The first-order chi connectivity index (χ1) is 4.36. The Balaban J connectivity index is 2.20. The van der Waals surface area contributed by atoms with Crippen molar-refractivity contribution in [3.63, 3.8) is 0 Å². The molecule has 0 aromatic carbocycles. The molecule has 0 spiro atoms. The summed E-state index contributed by atoms with van der Waals surface area (Å²) >= 11 is 1.51. The van der Waals surface area contributed by atoms with Gasteiger partial charge < -0.3 is 4.90 Å². The summed E-state index contributed by atoms with van der Waals surface area (Å²) in [6, 6.07) is 0. The molecule has 1 unspecified atom stereocenters. The summed E-state index contributed by atoms with van der Waals surface area (Å²) in [5, 5.41) is 6.14. The van der Waals surface area contributed by atoms with Crippen molar-refractivity contribution in [1.29, 1.82) is 0 Å². The first kappa shape index (κ1) is 7.38. The Morgan fingerprint density at radius 3 is 2.89 bits per heavy atom. The minimum Gasteiger partial charge on any atom is -0.302 e. The van der Waals surface area contributed by atoms with Crippen molar-refractivity contribution >= 4 is 11.9 Å². The highest BCUT2D eigenvalue weighted by Crippen LogP contribution is 2.17. The van der Waals surface area contributed by atoms with Crippen molar-refractivity contribution in [3.05, 3.63) is 0 Å². The summed E-state index contributed by atoms with van der Waals surface area (Å²) in [7, 11) is 0. The topological polar surface area (TPSA) is 29.3 Å². The highest BCUT2D eigenvalue weighted by molar-refractivity contribution is 7.97. The van der Waals surface area contributed by atoms with E-state index in [-0.39, 0.29) is 0 Å². The third-order valence-electron chi connectivity index (χ3n) is 1.87. The van der Waals surface area contributed by atoms with Gasteiger partial charge in [0.15, 0.2) is 0 Å². The largest absolute Gasteiger partial charge is 0.302 e. The molecule has 0 saturated carbocycles. The molecule has 1 fully saturated rings. The Morgan fingerprint density at radius 2 is 2.56 bits per heavy atom. The van der Waals surface area contributed by atoms with Crippen LogP contribution in [0.25, 0.3) is 0 Å². The van der Waals surface area contributed by atoms with Gasteiger partial charge in [0.25, 0.3) is 0 Å². The zero-order chi connectivity index (χ0) is 6.69. The quantitative estimate of drug-likeness (QED) is 0.581. The van der Waals surface area contributed by atoms with E-state index in [9.17, 15) is 0 Å². The number of nitrogens with two attached hydrogens (primary N) is 1. The molecule has 54 valence electrons. The Bertz CT molecular complexity index is 77.1. The van der Waals surface area contributed by atoms with Crippen LogP contribution in [0, 0.1) is 0 Å². The van der Waals surface area contributed by atoms with E-state index in [2.05, 4.69) is 11.8 Å². The fourth-order valence-electron chi connectivity index (χ4n) is 1.20. The smallest absolute Gasteiger partial charge is 0.0330 e. The second-order valence-electron chi connectivity index (χ2n) is 2.44. The minimum atomic E-state index is 0.699. The van der Waals surface area contributed by atoms with Crippen LogP contribution in [0.1, 0.15) is 13.3 Å². The molecule has 0 bridgehead atoms. The van der Waals surface area contributed by atoms with Crippen LogP contribution in [-0.4, -0.2) is 29.8 Å². The zero-order valence-electron chi connectivity index (χ0n) is 5.84. The highest BCUT2D eigenvalue weighted by atomic mass is 32.2. The van der Waals surface area contributed by atoms with Crippen LogP contribution in [0.15, 0.2) is 0 Å². The van der Waals surface area contributed by atoms with Gasteiger partial charge >= 0.3 is 0 Å². The van der Waals surface area contributed by atoms with Gasteiger partial charge in [-0.3, -0.25) is 5.14 Å². The molecule has 0 aromatic rings. The molecule has 9 heavy (non-hydrogen) atoms. The Labute approximate surface area is 60.9 Å². The third-order valence-corrected chi connectivity index (χ3v) is 2.64. The Hall–Kier alpha value is 0.270. The lowest BCUT2D eigenvalue weighted by Crippen LogP contribution is -2.20. The first-order valence-electron chi connectivity index (χ1n) is 3.44. The summed E-state index contributed by atoms with van der Waals surface area (Å²) in [4.78, 5) is 2.44. The van der Waals surface area contributed by atoms with Crippen molar-refractivity contribution in [3.8, 4) is 0 Å². The Kier molecular flexibility index (Phi) is 2.82. The van der Waals surface area contributed by atoms with E-state index in [0.717, 1.165) is 0 Å². The maximum Gasteiger partial charge on any atom is 0.0330 e. The van der Waals surface area contributed by atoms with Gasteiger partial charge in [-0.15, -0.1) is 0 Å². The molecule has 0 radical (unpaired) electrons. The molecular weight excluding hydrogens is 132 g/mol. The molecule has 1 aliphatic heterocycles. The van der Waals surface area contributed by atoms with Crippen LogP contribution >= 0.6 is 11.9 Å². The third kappa shape index (κ3) is 1.85. The van der Waals surface area contributed by atoms with Gasteiger partial charge in [0, 0.05) is 11.8 Å². The van der Waals surface area contributed by atoms with Gasteiger partial charge in [0.1, 0.15) is 0 Å². The SMILES string of the molecule is CCN1CCC(SN)C1. The summed E-state index contributed by atoms with van der Waals surface area (Å²) in [6.45, 7) is 5.81. The molecule has 1 heterocycles. The molecule has 2 nitrogen and oxygen atoms in total. The van der Waals surface area contributed by atoms with E-state index in [1.807, 2.05) is 0 Å². The van der Waals surface area contributed by atoms with Gasteiger partial charge in [-0.2, -0.15) is 0 Å². The van der Waals surface area contributed by atoms with Crippen molar-refractivity contribution in [2.75, 3.05) is 19.6 Å². The van der Waals surface area contributed by atoms with E-state index in [1.165, 1.54) is 38.0 Å². The van der Waals surface area contributed by atoms with Gasteiger partial charge in [-0.25, -0.2) is 0 Å². The summed E-state index contributed by atoms with van der Waals surface area (Å²) < 4.78 is 0. The second-order valence-corrected chi connectivity index (χ2v) is 3.38. The molecule has 3 heteroatoms. The number of hydrogen-bond donors (Lipinski definition) is 1. The predicted octanol–water partition coefficient (Wildman–Crippen LogP) is 0.688. The molecule has 1 rings (SSSR count). The second kappa shape index (κ2) is 3.44. The van der Waals surface area contributed by atoms with E-state index >= 15 is 0 Å². The van der Waals surface area contributed by atoms with Gasteiger partial charge in [-0.05, 0) is 19.5 Å². The number of nitrogens with zero attached hydrogens (tertiary/aromatic N) is 1. The van der Waals surface area contributed by atoms with Gasteiger partial charge in [0.05, 0.1) is 0 Å². The van der Waals surface area contributed by atoms with E-state index in [1.54, 1.807) is 0 Å². The van der Waals surface area contributed by atoms with E-state index in [4.69, 9.17) is 5.14 Å². The molecule has 1 aliphatic rings. The lowest BCUT2D eigenvalue weighted by Gasteiger charge is -2.10. The normalized spacial score (nSPS) is 29.3. The molecule has 2 N–H and O–H groups in total. The van der Waals surface area contributed by atoms with Crippen molar-refractivity contribution in [2.24, 2.45) is 5.14 Å². The average molecular weight is 146 g/mol. The average Bonchev–Trinajstić information content (AvgIpc) is 2.34. The molecule has 1 atom stereocenters. The zero-order valence-corrected chi connectivity index (χ0v) is 6.66. The molecule has 1 saturated heterocycles. The summed E-state index contributed by atoms with van der Waals surface area (Å²) in [5.41, 5.74) is 0. The highest BCUT2D eigenvalue weighted by Gasteiger charge is 2.19. The predicted molar refractivity (Wildman–Crippen MR) is 42.3 cm³/mol. The first-order valence-corrected chi connectivity index (χ1v) is 4.39. The van der Waals surface area contributed by atoms with Crippen LogP contribution in [-0.2, 0) is 0 Å². The summed E-state index contributed by atoms with van der Waals surface area (Å²) in [6.07, 6.45) is 1.27. The standard InChI is InChI=1S/C6H14N2S/c1-2-8-4-3-6(5-8)9-7/h6H,2-5,7H2,1H3. The lowest BCUT2D eigenvalue weighted by atomic mass is 10.4. The Morgan fingerprint density at radius 1 is 1.78 bits per heavy atom. The van der Waals surface area contributed by atoms with Crippen LogP contribution in [0.5, 0.6) is 0 Å². The van der Waals surface area contributed by atoms with Crippen LogP contribution in [0.3, 0.4) is 0 Å². The van der Waals surface area contributed by atoms with Crippen molar-refractivity contribution in [2.45, 2.75) is 18.6 Å². The van der Waals surface area contributed by atoms with Crippen LogP contribution < -0.4 is 5.14 Å². The number of likely N-dealkylation sites (tertiary alicyclic amines) is 1.